The average molecular weight is 187 g/mol. The van der Waals surface area contributed by atoms with Crippen molar-refractivity contribution in [1.82, 2.24) is 0 Å². The summed E-state index contributed by atoms with van der Waals surface area (Å²) in [6.07, 6.45) is 1.98. The van der Waals surface area contributed by atoms with Crippen LogP contribution in [0.3, 0.4) is 0 Å². The van der Waals surface area contributed by atoms with Gasteiger partial charge in [-0.2, -0.15) is 0 Å². The van der Waals surface area contributed by atoms with Crippen LogP contribution < -0.4 is 0 Å². The predicted octanol–water partition coefficient (Wildman–Crippen LogP) is 3.12. The number of rotatable bonds is 1. The molecular weight excluding hydrogens is 172 g/mol. The molecule has 1 rings (SSSR count). The minimum atomic E-state index is -1.20. The van der Waals surface area contributed by atoms with E-state index in [1.54, 1.807) is 0 Å². The van der Waals surface area contributed by atoms with Crippen LogP contribution in [0, 0.1) is 17.9 Å². The molecule has 0 aliphatic carbocycles. The van der Waals surface area contributed by atoms with Gasteiger partial charge in [-0.3, -0.25) is 0 Å². The van der Waals surface area contributed by atoms with Crippen LogP contribution in [0.4, 0.5) is 0 Å². The van der Waals surface area contributed by atoms with Crippen molar-refractivity contribution in [2.45, 2.75) is 19.6 Å². The zero-order chi connectivity index (χ0) is 9.73. The first-order valence-electron chi connectivity index (χ1n) is 4.49. The van der Waals surface area contributed by atoms with E-state index in [9.17, 15) is 0 Å². The molecule has 0 aliphatic heterocycles. The van der Waals surface area contributed by atoms with E-state index in [4.69, 9.17) is 0 Å². The number of hydrogen-bond acceptors (Lipinski definition) is 0. The third-order valence-electron chi connectivity index (χ3n) is 1.49. The Kier molecular flexibility index (Phi) is 3.33. The first-order valence-corrected chi connectivity index (χ1v) is 7.99. The van der Waals surface area contributed by atoms with Crippen molar-refractivity contribution in [3.63, 3.8) is 0 Å². The van der Waals surface area contributed by atoms with E-state index < -0.39 is 8.07 Å². The summed E-state index contributed by atoms with van der Waals surface area (Å²) in [6.45, 7) is 6.75. The quantitative estimate of drug-likeness (QED) is 0.468. The Hall–Kier alpha value is -1.00. The van der Waals surface area contributed by atoms with Crippen LogP contribution in [0.1, 0.15) is 5.56 Å². The van der Waals surface area contributed by atoms with Crippen LogP contribution in [0.15, 0.2) is 30.3 Å². The zero-order valence-corrected chi connectivity index (χ0v) is 9.46. The van der Waals surface area contributed by atoms with Crippen molar-refractivity contribution in [3.05, 3.63) is 42.3 Å². The van der Waals surface area contributed by atoms with Crippen molar-refractivity contribution in [2.24, 2.45) is 0 Å². The standard InChI is InChI=1S/C12H15Si/c1-13(2,3)11-7-10-12-8-5-4-6-9-12/h4-6,8-10H,1-3H3. The maximum atomic E-state index is 3.30. The highest BCUT2D eigenvalue weighted by Gasteiger charge is 2.06. The molecule has 0 aromatic heterocycles. The van der Waals surface area contributed by atoms with E-state index in [-0.39, 0.29) is 0 Å². The lowest BCUT2D eigenvalue weighted by molar-refractivity contribution is 1.55. The second kappa shape index (κ2) is 4.29. The molecule has 1 aromatic carbocycles. The molecule has 0 unspecified atom stereocenters. The molecule has 0 N–H and O–H groups in total. The van der Waals surface area contributed by atoms with E-state index in [0.29, 0.717) is 0 Å². The molecule has 0 aliphatic rings. The van der Waals surface area contributed by atoms with Gasteiger partial charge in [0.1, 0.15) is 8.07 Å². The molecule has 1 heteroatoms. The SMILES string of the molecule is C[Si](C)(C)C#C[CH]c1ccccc1. The molecule has 0 heterocycles. The molecule has 1 radical (unpaired) electrons. The van der Waals surface area contributed by atoms with Gasteiger partial charge in [-0.25, -0.2) is 0 Å². The summed E-state index contributed by atoms with van der Waals surface area (Å²) >= 11 is 0. The minimum Gasteiger partial charge on any atom is -0.131 e. The Bertz CT molecular complexity index is 308. The van der Waals surface area contributed by atoms with Crippen LogP contribution in [-0.4, -0.2) is 8.07 Å². The largest absolute Gasteiger partial charge is 0.131 e. The van der Waals surface area contributed by atoms with Gasteiger partial charge >= 0.3 is 0 Å². The summed E-state index contributed by atoms with van der Waals surface area (Å²) in [5.41, 5.74) is 4.49. The molecule has 0 spiro atoms. The van der Waals surface area contributed by atoms with Gasteiger partial charge in [-0.15, -0.1) is 11.5 Å². The Morgan fingerprint density at radius 3 is 2.23 bits per heavy atom. The third kappa shape index (κ3) is 4.54. The first kappa shape index (κ1) is 10.1. The molecule has 13 heavy (non-hydrogen) atoms. The highest BCUT2D eigenvalue weighted by molar-refractivity contribution is 6.83. The van der Waals surface area contributed by atoms with E-state index in [1.165, 1.54) is 5.56 Å². The molecule has 0 bridgehead atoms. The van der Waals surface area contributed by atoms with Crippen molar-refractivity contribution >= 4 is 8.07 Å². The molecule has 1 aromatic rings. The van der Waals surface area contributed by atoms with Gasteiger partial charge in [-0.05, 0) is 5.56 Å². The lowest BCUT2D eigenvalue weighted by atomic mass is 10.2. The fraction of sp³-hybridized carbons (Fsp3) is 0.250. The summed E-state index contributed by atoms with van der Waals surface area (Å²) in [7, 11) is -1.20. The fourth-order valence-electron chi connectivity index (χ4n) is 0.885. The van der Waals surface area contributed by atoms with E-state index in [0.717, 1.165) is 0 Å². The predicted molar refractivity (Wildman–Crippen MR) is 61.0 cm³/mol. The second-order valence-electron chi connectivity index (χ2n) is 4.07. The zero-order valence-electron chi connectivity index (χ0n) is 8.46. The third-order valence-corrected chi connectivity index (χ3v) is 2.38. The van der Waals surface area contributed by atoms with Crippen LogP contribution in [-0.2, 0) is 0 Å². The molecule has 0 amide bonds. The van der Waals surface area contributed by atoms with Crippen molar-refractivity contribution in [2.75, 3.05) is 0 Å². The van der Waals surface area contributed by atoms with Gasteiger partial charge in [-0.1, -0.05) is 50.0 Å². The summed E-state index contributed by atoms with van der Waals surface area (Å²) in [5, 5.41) is 0. The average Bonchev–Trinajstić information content (AvgIpc) is 2.04. The van der Waals surface area contributed by atoms with Gasteiger partial charge in [0.25, 0.3) is 0 Å². The van der Waals surface area contributed by atoms with Crippen LogP contribution in [0.5, 0.6) is 0 Å². The van der Waals surface area contributed by atoms with Crippen molar-refractivity contribution < 1.29 is 0 Å². The molecule has 0 nitrogen and oxygen atoms in total. The van der Waals surface area contributed by atoms with E-state index >= 15 is 0 Å². The number of hydrogen-bond donors (Lipinski definition) is 0. The molecule has 0 saturated heterocycles. The topological polar surface area (TPSA) is 0 Å². The Morgan fingerprint density at radius 1 is 1.08 bits per heavy atom. The molecular formula is C12H15Si. The first-order chi connectivity index (χ1) is 6.08. The Labute approximate surface area is 82.0 Å². The normalized spacial score (nSPS) is 10.4. The highest BCUT2D eigenvalue weighted by atomic mass is 28.3. The molecule has 67 valence electrons. The van der Waals surface area contributed by atoms with Crippen LogP contribution in [0.2, 0.25) is 19.6 Å². The van der Waals surface area contributed by atoms with Gasteiger partial charge in [0.05, 0.1) is 6.42 Å². The maximum absolute atomic E-state index is 3.30. The smallest absolute Gasteiger partial charge is 0.129 e. The van der Waals surface area contributed by atoms with Gasteiger partial charge < -0.3 is 0 Å². The van der Waals surface area contributed by atoms with Crippen LogP contribution >= 0.6 is 0 Å². The Balaban J connectivity index is 2.56. The highest BCUT2D eigenvalue weighted by Crippen LogP contribution is 2.02. The lowest BCUT2D eigenvalue weighted by Crippen LogP contribution is -2.16. The summed E-state index contributed by atoms with van der Waals surface area (Å²) in [6, 6.07) is 10.2. The minimum absolute atomic E-state index is 1.19. The Morgan fingerprint density at radius 2 is 1.69 bits per heavy atom. The van der Waals surface area contributed by atoms with Crippen molar-refractivity contribution in [3.8, 4) is 11.5 Å². The summed E-state index contributed by atoms with van der Waals surface area (Å²) in [5.74, 6) is 3.13. The summed E-state index contributed by atoms with van der Waals surface area (Å²) < 4.78 is 0. The van der Waals surface area contributed by atoms with Gasteiger partial charge in [0.2, 0.25) is 0 Å². The monoisotopic (exact) mass is 187 g/mol. The van der Waals surface area contributed by atoms with E-state index in [2.05, 4.69) is 43.2 Å². The molecule has 0 fully saturated rings. The fourth-order valence-corrected chi connectivity index (χ4v) is 1.39. The maximum Gasteiger partial charge on any atom is 0.129 e. The van der Waals surface area contributed by atoms with Gasteiger partial charge in [0.15, 0.2) is 0 Å². The van der Waals surface area contributed by atoms with Gasteiger partial charge in [0, 0.05) is 0 Å². The summed E-state index contributed by atoms with van der Waals surface area (Å²) in [4.78, 5) is 0. The molecule has 0 saturated carbocycles. The van der Waals surface area contributed by atoms with Crippen molar-refractivity contribution in [1.29, 1.82) is 0 Å². The second-order valence-corrected chi connectivity index (χ2v) is 8.82. The number of benzene rings is 1. The lowest BCUT2D eigenvalue weighted by Gasteiger charge is -2.03. The van der Waals surface area contributed by atoms with E-state index in [1.807, 2.05) is 24.6 Å². The van der Waals surface area contributed by atoms with Crippen LogP contribution in [0.25, 0.3) is 0 Å². The molecule has 0 atom stereocenters.